The number of nitrogens with zero attached hydrogens (tertiary/aromatic N) is 2. The van der Waals surface area contributed by atoms with Gasteiger partial charge in [-0.15, -0.1) is 11.3 Å². The second-order valence-corrected chi connectivity index (χ2v) is 5.84. The first kappa shape index (κ1) is 14.7. The van der Waals surface area contributed by atoms with Crippen molar-refractivity contribution >= 4 is 17.2 Å². The van der Waals surface area contributed by atoms with Crippen molar-refractivity contribution in [1.82, 2.24) is 15.2 Å². The van der Waals surface area contributed by atoms with E-state index in [2.05, 4.69) is 15.2 Å². The number of carbonyl (C=O) groups excluding carboxylic acids is 1. The van der Waals surface area contributed by atoms with Gasteiger partial charge in [-0.3, -0.25) is 4.79 Å². The van der Waals surface area contributed by atoms with E-state index < -0.39 is 0 Å². The number of nitrogens with one attached hydrogen (secondary N) is 1. The van der Waals surface area contributed by atoms with Crippen LogP contribution in [0.15, 0.2) is 36.5 Å². The molecule has 0 atom stereocenters. The van der Waals surface area contributed by atoms with E-state index in [1.54, 1.807) is 6.20 Å². The molecule has 0 aliphatic carbocycles. The van der Waals surface area contributed by atoms with Crippen LogP contribution >= 0.6 is 11.3 Å². The summed E-state index contributed by atoms with van der Waals surface area (Å²) in [6, 6.07) is 9.90. The average Bonchev–Trinajstić information content (AvgIpc) is 2.94. The summed E-state index contributed by atoms with van der Waals surface area (Å²) >= 11 is 1.42. The van der Waals surface area contributed by atoms with Crippen LogP contribution in [-0.4, -0.2) is 43.0 Å². The van der Waals surface area contributed by atoms with E-state index in [1.165, 1.54) is 11.3 Å². The Labute approximate surface area is 123 Å². The first-order valence-electron chi connectivity index (χ1n) is 6.61. The predicted octanol–water partition coefficient (Wildman–Crippen LogP) is 2.49. The molecule has 0 aliphatic rings. The van der Waals surface area contributed by atoms with Gasteiger partial charge in [-0.1, -0.05) is 30.3 Å². The Kier molecular flexibility index (Phi) is 5.26. The molecule has 1 heterocycles. The summed E-state index contributed by atoms with van der Waals surface area (Å²) in [6.07, 6.45) is 2.59. The standard InChI is InChI=1S/C15H19N3OS/c1-18(2)10-6-9-16-14(19)13-11-17-15(20-13)12-7-4-3-5-8-12/h3-5,7-8,11H,6,9-10H2,1-2H3,(H,16,19). The molecule has 2 aromatic rings. The van der Waals surface area contributed by atoms with Crippen molar-refractivity contribution in [3.63, 3.8) is 0 Å². The average molecular weight is 289 g/mol. The first-order chi connectivity index (χ1) is 9.66. The molecule has 106 valence electrons. The highest BCUT2D eigenvalue weighted by Crippen LogP contribution is 2.24. The van der Waals surface area contributed by atoms with Crippen LogP contribution in [0.4, 0.5) is 0 Å². The summed E-state index contributed by atoms with van der Waals surface area (Å²) in [5, 5.41) is 3.80. The van der Waals surface area contributed by atoms with Gasteiger partial charge in [-0.2, -0.15) is 0 Å². The van der Waals surface area contributed by atoms with Crippen molar-refractivity contribution in [1.29, 1.82) is 0 Å². The molecule has 4 nitrogen and oxygen atoms in total. The SMILES string of the molecule is CN(C)CCCNC(=O)c1cnc(-c2ccccc2)s1. The highest BCUT2D eigenvalue weighted by molar-refractivity contribution is 7.16. The van der Waals surface area contributed by atoms with E-state index >= 15 is 0 Å². The third kappa shape index (κ3) is 4.15. The van der Waals surface area contributed by atoms with Gasteiger partial charge in [0.25, 0.3) is 5.91 Å². The lowest BCUT2D eigenvalue weighted by atomic mass is 10.2. The Hall–Kier alpha value is -1.72. The maximum atomic E-state index is 12.0. The summed E-state index contributed by atoms with van der Waals surface area (Å²) in [7, 11) is 4.05. The molecule has 0 saturated heterocycles. The van der Waals surface area contributed by atoms with Crippen molar-refractivity contribution in [3.05, 3.63) is 41.4 Å². The second-order valence-electron chi connectivity index (χ2n) is 4.81. The van der Waals surface area contributed by atoms with Crippen LogP contribution < -0.4 is 5.32 Å². The molecule has 0 spiro atoms. The van der Waals surface area contributed by atoms with Crippen molar-refractivity contribution in [2.45, 2.75) is 6.42 Å². The molecular formula is C15H19N3OS. The number of amides is 1. The molecule has 20 heavy (non-hydrogen) atoms. The minimum absolute atomic E-state index is 0.0385. The van der Waals surface area contributed by atoms with E-state index in [0.717, 1.165) is 23.5 Å². The fraction of sp³-hybridized carbons (Fsp3) is 0.333. The minimum atomic E-state index is -0.0385. The monoisotopic (exact) mass is 289 g/mol. The van der Waals surface area contributed by atoms with Crippen LogP contribution in [-0.2, 0) is 0 Å². The van der Waals surface area contributed by atoms with Gasteiger partial charge in [0, 0.05) is 12.1 Å². The lowest BCUT2D eigenvalue weighted by Crippen LogP contribution is -2.26. The Morgan fingerprint density at radius 3 is 2.75 bits per heavy atom. The topological polar surface area (TPSA) is 45.2 Å². The van der Waals surface area contributed by atoms with Crippen molar-refractivity contribution in [2.75, 3.05) is 27.2 Å². The fourth-order valence-electron chi connectivity index (χ4n) is 1.78. The maximum absolute atomic E-state index is 12.0. The lowest BCUT2D eigenvalue weighted by Gasteiger charge is -2.09. The van der Waals surface area contributed by atoms with Gasteiger partial charge >= 0.3 is 0 Å². The quantitative estimate of drug-likeness (QED) is 0.831. The number of benzene rings is 1. The summed E-state index contributed by atoms with van der Waals surface area (Å²) in [4.78, 5) is 19.1. The molecule has 1 aromatic carbocycles. The van der Waals surface area contributed by atoms with Crippen molar-refractivity contribution < 1.29 is 4.79 Å². The second kappa shape index (κ2) is 7.17. The zero-order chi connectivity index (χ0) is 14.4. The molecule has 0 radical (unpaired) electrons. The largest absolute Gasteiger partial charge is 0.351 e. The molecule has 0 aliphatic heterocycles. The van der Waals surface area contributed by atoms with Crippen LogP contribution in [0.1, 0.15) is 16.1 Å². The number of aromatic nitrogens is 1. The summed E-state index contributed by atoms with van der Waals surface area (Å²) < 4.78 is 0. The van der Waals surface area contributed by atoms with Crippen molar-refractivity contribution in [3.8, 4) is 10.6 Å². The van der Waals surface area contributed by atoms with Gasteiger partial charge in [0.15, 0.2) is 0 Å². The van der Waals surface area contributed by atoms with Crippen LogP contribution in [0, 0.1) is 0 Å². The van der Waals surface area contributed by atoms with E-state index in [-0.39, 0.29) is 5.91 Å². The molecule has 1 amide bonds. The zero-order valence-corrected chi connectivity index (χ0v) is 12.6. The minimum Gasteiger partial charge on any atom is -0.351 e. The van der Waals surface area contributed by atoms with Crippen LogP contribution in [0.25, 0.3) is 10.6 Å². The normalized spacial score (nSPS) is 10.8. The van der Waals surface area contributed by atoms with E-state index in [1.807, 2.05) is 44.4 Å². The van der Waals surface area contributed by atoms with Gasteiger partial charge in [-0.05, 0) is 27.1 Å². The lowest BCUT2D eigenvalue weighted by molar-refractivity contribution is 0.0956. The molecule has 1 N–H and O–H groups in total. The molecule has 0 unspecified atom stereocenters. The van der Waals surface area contributed by atoms with Gasteiger partial charge in [0.1, 0.15) is 9.88 Å². The molecule has 1 aromatic heterocycles. The van der Waals surface area contributed by atoms with Gasteiger partial charge in [0.05, 0.1) is 6.20 Å². The highest BCUT2D eigenvalue weighted by atomic mass is 32.1. The third-order valence-electron chi connectivity index (χ3n) is 2.82. The smallest absolute Gasteiger partial charge is 0.263 e. The number of thiazole rings is 1. The van der Waals surface area contributed by atoms with Gasteiger partial charge < -0.3 is 10.2 Å². The Morgan fingerprint density at radius 1 is 1.30 bits per heavy atom. The number of carbonyl (C=O) groups is 1. The molecule has 0 saturated carbocycles. The number of hydrogen-bond acceptors (Lipinski definition) is 4. The van der Waals surface area contributed by atoms with E-state index in [9.17, 15) is 4.79 Å². The molecule has 0 fully saturated rings. The molecular weight excluding hydrogens is 270 g/mol. The van der Waals surface area contributed by atoms with Crippen LogP contribution in [0.3, 0.4) is 0 Å². The van der Waals surface area contributed by atoms with Crippen LogP contribution in [0.2, 0.25) is 0 Å². The summed E-state index contributed by atoms with van der Waals surface area (Å²) in [5.41, 5.74) is 1.05. The van der Waals surface area contributed by atoms with E-state index in [4.69, 9.17) is 0 Å². The van der Waals surface area contributed by atoms with Gasteiger partial charge in [0.2, 0.25) is 0 Å². The Morgan fingerprint density at radius 2 is 2.05 bits per heavy atom. The molecule has 0 bridgehead atoms. The summed E-state index contributed by atoms with van der Waals surface area (Å²) in [5.74, 6) is -0.0385. The Bertz CT molecular complexity index is 551. The maximum Gasteiger partial charge on any atom is 0.263 e. The summed E-state index contributed by atoms with van der Waals surface area (Å²) in [6.45, 7) is 1.66. The van der Waals surface area contributed by atoms with E-state index in [0.29, 0.717) is 11.4 Å². The fourth-order valence-corrected chi connectivity index (χ4v) is 2.62. The first-order valence-corrected chi connectivity index (χ1v) is 7.42. The molecule has 2 rings (SSSR count). The number of rotatable bonds is 6. The Balaban J connectivity index is 1.90. The highest BCUT2D eigenvalue weighted by Gasteiger charge is 2.10. The van der Waals surface area contributed by atoms with Crippen molar-refractivity contribution in [2.24, 2.45) is 0 Å². The van der Waals surface area contributed by atoms with Crippen LogP contribution in [0.5, 0.6) is 0 Å². The zero-order valence-electron chi connectivity index (χ0n) is 11.8. The number of hydrogen-bond donors (Lipinski definition) is 1. The molecule has 5 heteroatoms. The van der Waals surface area contributed by atoms with Gasteiger partial charge in [-0.25, -0.2) is 4.98 Å². The third-order valence-corrected chi connectivity index (χ3v) is 3.86. The predicted molar refractivity (Wildman–Crippen MR) is 83.1 cm³/mol.